The molecule has 0 saturated heterocycles. The third kappa shape index (κ3) is 4.58. The fourth-order valence-electron chi connectivity index (χ4n) is 4.20. The summed E-state index contributed by atoms with van der Waals surface area (Å²) in [6.07, 6.45) is 3.20. The first-order chi connectivity index (χ1) is 14.0. The minimum atomic E-state index is -0.741. The van der Waals surface area contributed by atoms with Crippen LogP contribution in [0.4, 0.5) is 0 Å². The highest BCUT2D eigenvalue weighted by molar-refractivity contribution is 6.00. The molecule has 0 aliphatic heterocycles. The van der Waals surface area contributed by atoms with Gasteiger partial charge < -0.3 is 14.8 Å². The van der Waals surface area contributed by atoms with Crippen molar-refractivity contribution in [2.75, 3.05) is 7.11 Å². The van der Waals surface area contributed by atoms with E-state index in [0.717, 1.165) is 12.0 Å². The highest BCUT2D eigenvalue weighted by atomic mass is 16.5. The summed E-state index contributed by atoms with van der Waals surface area (Å²) in [4.78, 5) is 37.9. The molecule has 1 aromatic carbocycles. The van der Waals surface area contributed by atoms with Crippen LogP contribution in [0.5, 0.6) is 0 Å². The average Bonchev–Trinajstić information content (AvgIpc) is 3.30. The third-order valence-corrected chi connectivity index (χ3v) is 6.12. The summed E-state index contributed by atoms with van der Waals surface area (Å²) in [5.74, 6) is -1.11. The molecule has 2 aliphatic rings. The van der Waals surface area contributed by atoms with E-state index in [0.29, 0.717) is 18.4 Å². The van der Waals surface area contributed by atoms with Crippen molar-refractivity contribution in [2.45, 2.75) is 51.9 Å². The van der Waals surface area contributed by atoms with Crippen LogP contribution in [0.1, 0.15) is 38.7 Å². The van der Waals surface area contributed by atoms with Crippen molar-refractivity contribution in [1.82, 2.24) is 5.32 Å². The summed E-state index contributed by atoms with van der Waals surface area (Å²) in [6, 6.07) is 8.70. The maximum atomic E-state index is 13.0. The number of hydrogen-bond acceptors (Lipinski definition) is 5. The Balaban J connectivity index is 1.69. The van der Waals surface area contributed by atoms with Gasteiger partial charge in [-0.25, -0.2) is 4.79 Å². The van der Waals surface area contributed by atoms with E-state index in [-0.39, 0.29) is 42.2 Å². The summed E-state index contributed by atoms with van der Waals surface area (Å²) in [5.41, 5.74) is 1.45. The number of carbonyl (C=O) groups is 3. The average molecular weight is 399 g/mol. The van der Waals surface area contributed by atoms with E-state index < -0.39 is 12.0 Å². The van der Waals surface area contributed by atoms with Crippen LogP contribution in [0.25, 0.3) is 0 Å². The monoisotopic (exact) mass is 399 g/mol. The minimum absolute atomic E-state index is 0.0801. The second kappa shape index (κ2) is 9.35. The molecule has 0 bridgehead atoms. The number of carbonyl (C=O) groups excluding carboxylic acids is 3. The number of hydrogen-bond donors (Lipinski definition) is 1. The van der Waals surface area contributed by atoms with Gasteiger partial charge in [-0.2, -0.15) is 0 Å². The van der Waals surface area contributed by atoms with Gasteiger partial charge in [-0.3, -0.25) is 9.59 Å². The van der Waals surface area contributed by atoms with Crippen LogP contribution < -0.4 is 5.32 Å². The number of fused-ring (bicyclic) bond motifs is 1. The Morgan fingerprint density at radius 1 is 1.24 bits per heavy atom. The van der Waals surface area contributed by atoms with Gasteiger partial charge in [0.15, 0.2) is 0 Å². The molecule has 3 rings (SSSR count). The number of nitrogens with one attached hydrogen (secondary N) is 1. The van der Waals surface area contributed by atoms with E-state index in [9.17, 15) is 14.4 Å². The van der Waals surface area contributed by atoms with Crippen LogP contribution in [-0.4, -0.2) is 36.9 Å². The molecule has 6 heteroatoms. The standard InChI is InChI=1S/C23H29NO5/c1-4-14(2)21(23(27)29-13-15-8-6-5-7-9-15)24-22(26)17-12-19(28-3)20-16(17)10-11-18(20)25/h5-9,12,14,16,19-21H,4,10-11,13H2,1-3H3,(H,24,26)/t14-,16+,19-,20-,21-/m0/s1. The Morgan fingerprint density at radius 2 is 1.97 bits per heavy atom. The topological polar surface area (TPSA) is 81.7 Å². The first-order valence-corrected chi connectivity index (χ1v) is 10.2. The van der Waals surface area contributed by atoms with E-state index in [4.69, 9.17) is 9.47 Å². The summed E-state index contributed by atoms with van der Waals surface area (Å²) in [5, 5.41) is 2.87. The Labute approximate surface area is 171 Å². The molecule has 1 amide bonds. The van der Waals surface area contributed by atoms with Crippen molar-refractivity contribution in [2.24, 2.45) is 17.8 Å². The molecule has 29 heavy (non-hydrogen) atoms. The summed E-state index contributed by atoms with van der Waals surface area (Å²) >= 11 is 0. The van der Waals surface area contributed by atoms with Crippen molar-refractivity contribution in [3.8, 4) is 0 Å². The lowest BCUT2D eigenvalue weighted by atomic mass is 9.92. The zero-order chi connectivity index (χ0) is 21.0. The normalized spacial score (nSPS) is 25.1. The highest BCUT2D eigenvalue weighted by Crippen LogP contribution is 2.43. The molecular formula is C23H29NO5. The largest absolute Gasteiger partial charge is 0.459 e. The summed E-state index contributed by atoms with van der Waals surface area (Å²) in [6.45, 7) is 4.05. The molecule has 1 fully saturated rings. The second-order valence-electron chi connectivity index (χ2n) is 7.89. The van der Waals surface area contributed by atoms with Crippen molar-refractivity contribution < 1.29 is 23.9 Å². The first kappa shape index (κ1) is 21.2. The van der Waals surface area contributed by atoms with Gasteiger partial charge in [-0.15, -0.1) is 0 Å². The van der Waals surface area contributed by atoms with Gasteiger partial charge in [0, 0.05) is 25.0 Å². The third-order valence-electron chi connectivity index (χ3n) is 6.12. The molecule has 1 saturated carbocycles. The van der Waals surface area contributed by atoms with Gasteiger partial charge in [-0.1, -0.05) is 50.6 Å². The van der Waals surface area contributed by atoms with Gasteiger partial charge in [0.05, 0.1) is 12.0 Å². The van der Waals surface area contributed by atoms with Crippen LogP contribution >= 0.6 is 0 Å². The molecule has 6 nitrogen and oxygen atoms in total. The second-order valence-corrected chi connectivity index (χ2v) is 7.89. The molecule has 0 heterocycles. The van der Waals surface area contributed by atoms with Crippen LogP contribution in [0, 0.1) is 17.8 Å². The van der Waals surface area contributed by atoms with Crippen molar-refractivity contribution >= 4 is 17.7 Å². The minimum Gasteiger partial charge on any atom is -0.459 e. The van der Waals surface area contributed by atoms with E-state index in [2.05, 4.69) is 5.32 Å². The summed E-state index contributed by atoms with van der Waals surface area (Å²) < 4.78 is 10.9. The number of benzene rings is 1. The Hall–Kier alpha value is -2.47. The quantitative estimate of drug-likeness (QED) is 0.680. The maximum Gasteiger partial charge on any atom is 0.329 e. The van der Waals surface area contributed by atoms with E-state index in [1.54, 1.807) is 13.2 Å². The van der Waals surface area contributed by atoms with Gasteiger partial charge >= 0.3 is 5.97 Å². The predicted octanol–water partition coefficient (Wildman–Crippen LogP) is 2.81. The molecule has 156 valence electrons. The van der Waals surface area contributed by atoms with Gasteiger partial charge in [-0.05, 0) is 24.0 Å². The molecule has 0 unspecified atom stereocenters. The Morgan fingerprint density at radius 3 is 2.62 bits per heavy atom. The van der Waals surface area contributed by atoms with E-state index in [1.165, 1.54) is 0 Å². The zero-order valence-corrected chi connectivity index (χ0v) is 17.2. The number of ketones is 1. The first-order valence-electron chi connectivity index (χ1n) is 10.2. The lowest BCUT2D eigenvalue weighted by molar-refractivity contribution is -0.150. The van der Waals surface area contributed by atoms with Crippen LogP contribution in [0.2, 0.25) is 0 Å². The van der Waals surface area contributed by atoms with Crippen molar-refractivity contribution in [3.63, 3.8) is 0 Å². The van der Waals surface area contributed by atoms with Crippen molar-refractivity contribution in [3.05, 3.63) is 47.5 Å². The smallest absolute Gasteiger partial charge is 0.329 e. The molecule has 1 aromatic rings. The van der Waals surface area contributed by atoms with Crippen LogP contribution in [0.15, 0.2) is 42.0 Å². The van der Waals surface area contributed by atoms with E-state index >= 15 is 0 Å². The molecule has 0 aromatic heterocycles. The molecular weight excluding hydrogens is 370 g/mol. The van der Waals surface area contributed by atoms with Gasteiger partial charge in [0.1, 0.15) is 18.4 Å². The molecule has 1 N–H and O–H groups in total. The number of Topliss-reactive ketones (excluding diaryl/α,β-unsaturated/α-hetero) is 1. The van der Waals surface area contributed by atoms with E-state index in [1.807, 2.05) is 44.2 Å². The predicted molar refractivity (Wildman–Crippen MR) is 108 cm³/mol. The lowest BCUT2D eigenvalue weighted by Crippen LogP contribution is -2.46. The van der Waals surface area contributed by atoms with Gasteiger partial charge in [0.25, 0.3) is 0 Å². The fourth-order valence-corrected chi connectivity index (χ4v) is 4.20. The maximum absolute atomic E-state index is 13.0. The molecule has 0 radical (unpaired) electrons. The SMILES string of the molecule is CC[C@H](C)[C@H](NC(=O)C1=C[C@H](OC)[C@@H]2C(=O)CC[C@H]12)C(=O)OCc1ccccc1. The zero-order valence-electron chi connectivity index (χ0n) is 17.2. The number of rotatable bonds is 8. The highest BCUT2D eigenvalue weighted by Gasteiger charge is 2.48. The number of ether oxygens (including phenoxy) is 2. The number of amides is 1. The van der Waals surface area contributed by atoms with Crippen molar-refractivity contribution in [1.29, 1.82) is 0 Å². The van der Waals surface area contributed by atoms with Crippen LogP contribution in [-0.2, 0) is 30.5 Å². The van der Waals surface area contributed by atoms with Gasteiger partial charge in [0.2, 0.25) is 5.91 Å². The van der Waals surface area contributed by atoms with Crippen LogP contribution in [0.3, 0.4) is 0 Å². The molecule has 5 atom stereocenters. The number of methoxy groups -OCH3 is 1. The molecule has 0 spiro atoms. The Kier molecular flexibility index (Phi) is 6.85. The lowest BCUT2D eigenvalue weighted by Gasteiger charge is -2.24. The number of esters is 1. The fraction of sp³-hybridized carbons (Fsp3) is 0.522. The Bertz CT molecular complexity index is 788. The molecule has 2 aliphatic carbocycles. The summed E-state index contributed by atoms with van der Waals surface area (Å²) in [7, 11) is 1.55.